The molecule has 0 aliphatic rings. The molecule has 0 fully saturated rings. The van der Waals surface area contributed by atoms with Crippen LogP contribution in [0.5, 0.6) is 0 Å². The van der Waals surface area contributed by atoms with Crippen LogP contribution in [0.15, 0.2) is 32.2 Å². The molecule has 0 saturated carbocycles. The Morgan fingerprint density at radius 2 is 2.13 bits per heavy atom. The first-order valence-electron chi connectivity index (χ1n) is 7.06. The number of hydrogen-bond donors (Lipinski definition) is 2. The smallest absolute Gasteiger partial charge is 0.245 e. The van der Waals surface area contributed by atoms with Crippen LogP contribution >= 0.6 is 0 Å². The third-order valence-electron chi connectivity index (χ3n) is 3.23. The molecule has 0 aliphatic carbocycles. The van der Waals surface area contributed by atoms with E-state index in [9.17, 15) is 13.2 Å². The summed E-state index contributed by atoms with van der Waals surface area (Å²) in [7, 11) is -3.75. The van der Waals surface area contributed by atoms with Crippen LogP contribution in [-0.2, 0) is 14.8 Å². The monoisotopic (exact) mass is 341 g/mol. The SMILES string of the molecule is Cc1noc(C)c1S(=O)(=O)NCCC(=O)N[C@H](C)c1ccco1. The topological polar surface area (TPSA) is 114 Å². The fourth-order valence-electron chi connectivity index (χ4n) is 2.15. The second-order valence-corrected chi connectivity index (χ2v) is 6.81. The molecule has 2 N–H and O–H groups in total. The van der Waals surface area contributed by atoms with Crippen LogP contribution in [0, 0.1) is 13.8 Å². The van der Waals surface area contributed by atoms with Gasteiger partial charge in [-0.25, -0.2) is 13.1 Å². The summed E-state index contributed by atoms with van der Waals surface area (Å²) in [5.41, 5.74) is 0.283. The van der Waals surface area contributed by atoms with Gasteiger partial charge in [-0.15, -0.1) is 0 Å². The van der Waals surface area contributed by atoms with Crippen molar-refractivity contribution < 1.29 is 22.2 Å². The zero-order chi connectivity index (χ0) is 17.0. The largest absolute Gasteiger partial charge is 0.467 e. The van der Waals surface area contributed by atoms with E-state index in [0.717, 1.165) is 0 Å². The lowest BCUT2D eigenvalue weighted by atomic mass is 10.2. The van der Waals surface area contributed by atoms with Crippen LogP contribution in [0.2, 0.25) is 0 Å². The number of carbonyl (C=O) groups is 1. The van der Waals surface area contributed by atoms with Crippen molar-refractivity contribution >= 4 is 15.9 Å². The van der Waals surface area contributed by atoms with Gasteiger partial charge < -0.3 is 14.3 Å². The van der Waals surface area contributed by atoms with Crippen LogP contribution in [-0.4, -0.2) is 26.0 Å². The summed E-state index contributed by atoms with van der Waals surface area (Å²) in [6, 6.07) is 3.21. The highest BCUT2D eigenvalue weighted by Gasteiger charge is 2.24. The Kier molecular flexibility index (Phi) is 5.22. The molecule has 1 amide bonds. The number of carbonyl (C=O) groups excluding carboxylic acids is 1. The molecule has 0 spiro atoms. The van der Waals surface area contributed by atoms with E-state index < -0.39 is 10.0 Å². The number of amides is 1. The summed E-state index contributed by atoms with van der Waals surface area (Å²) in [5, 5.41) is 6.34. The summed E-state index contributed by atoms with van der Waals surface area (Å²) in [4.78, 5) is 11.9. The number of aromatic nitrogens is 1. The van der Waals surface area contributed by atoms with E-state index in [2.05, 4.69) is 15.2 Å². The molecule has 0 aliphatic heterocycles. The summed E-state index contributed by atoms with van der Waals surface area (Å²) in [6.07, 6.45) is 1.53. The minimum atomic E-state index is -3.75. The van der Waals surface area contributed by atoms with E-state index in [-0.39, 0.29) is 41.3 Å². The standard InChI is InChI=1S/C14H19N3O5S/c1-9(12-5-4-8-21-12)16-13(18)6-7-15-23(19,20)14-10(2)17-22-11(14)3/h4-5,8-9,15H,6-7H2,1-3H3,(H,16,18)/t9-/m1/s1. The van der Waals surface area contributed by atoms with Crippen molar-refractivity contribution in [2.75, 3.05) is 6.54 Å². The normalized spacial score (nSPS) is 13.0. The predicted molar refractivity (Wildman–Crippen MR) is 81.0 cm³/mol. The van der Waals surface area contributed by atoms with Gasteiger partial charge >= 0.3 is 0 Å². The van der Waals surface area contributed by atoms with Gasteiger partial charge in [-0.1, -0.05) is 5.16 Å². The number of rotatable bonds is 7. The fraction of sp³-hybridized carbons (Fsp3) is 0.429. The molecule has 2 heterocycles. The van der Waals surface area contributed by atoms with Crippen molar-refractivity contribution in [3.05, 3.63) is 35.6 Å². The molecule has 0 unspecified atom stereocenters. The predicted octanol–water partition coefficient (Wildman–Crippen LogP) is 1.43. The average Bonchev–Trinajstić information content (AvgIpc) is 3.08. The molecule has 1 atom stereocenters. The molecule has 0 aromatic carbocycles. The van der Waals surface area contributed by atoms with E-state index in [0.29, 0.717) is 5.76 Å². The van der Waals surface area contributed by atoms with Gasteiger partial charge in [0.15, 0.2) is 5.76 Å². The van der Waals surface area contributed by atoms with E-state index in [1.54, 1.807) is 26.0 Å². The van der Waals surface area contributed by atoms with E-state index in [1.165, 1.54) is 13.2 Å². The Labute approximate surface area is 134 Å². The van der Waals surface area contributed by atoms with Crippen LogP contribution in [0.4, 0.5) is 0 Å². The molecular formula is C14H19N3O5S. The molecule has 126 valence electrons. The van der Waals surface area contributed by atoms with Crippen molar-refractivity contribution in [1.29, 1.82) is 0 Å². The maximum atomic E-state index is 12.2. The molecule has 0 radical (unpaired) electrons. The minimum Gasteiger partial charge on any atom is -0.467 e. The van der Waals surface area contributed by atoms with Crippen LogP contribution in [0.3, 0.4) is 0 Å². The highest BCUT2D eigenvalue weighted by atomic mass is 32.2. The van der Waals surface area contributed by atoms with Gasteiger partial charge in [0, 0.05) is 13.0 Å². The lowest BCUT2D eigenvalue weighted by molar-refractivity contribution is -0.121. The van der Waals surface area contributed by atoms with Gasteiger partial charge in [-0.3, -0.25) is 4.79 Å². The minimum absolute atomic E-state index is 0.00759. The first-order chi connectivity index (χ1) is 10.8. The zero-order valence-electron chi connectivity index (χ0n) is 13.1. The Morgan fingerprint density at radius 1 is 1.39 bits per heavy atom. The van der Waals surface area contributed by atoms with Gasteiger partial charge in [0.1, 0.15) is 16.3 Å². The molecule has 9 heteroatoms. The van der Waals surface area contributed by atoms with Crippen LogP contribution in [0.25, 0.3) is 0 Å². The molecule has 23 heavy (non-hydrogen) atoms. The lowest BCUT2D eigenvalue weighted by Crippen LogP contribution is -2.32. The van der Waals surface area contributed by atoms with Crippen LogP contribution in [0.1, 0.15) is 36.6 Å². The van der Waals surface area contributed by atoms with Gasteiger partial charge in [0.2, 0.25) is 15.9 Å². The molecule has 2 aromatic heterocycles. The van der Waals surface area contributed by atoms with E-state index in [4.69, 9.17) is 8.94 Å². The van der Waals surface area contributed by atoms with Crippen molar-refractivity contribution in [2.24, 2.45) is 0 Å². The second kappa shape index (κ2) is 6.97. The van der Waals surface area contributed by atoms with Crippen LogP contribution < -0.4 is 10.0 Å². The quantitative estimate of drug-likeness (QED) is 0.787. The Hall–Kier alpha value is -2.13. The molecule has 8 nitrogen and oxygen atoms in total. The number of furan rings is 1. The Morgan fingerprint density at radius 3 is 2.70 bits per heavy atom. The molecular weight excluding hydrogens is 322 g/mol. The first-order valence-corrected chi connectivity index (χ1v) is 8.55. The van der Waals surface area contributed by atoms with Crippen molar-refractivity contribution in [2.45, 2.75) is 38.1 Å². The average molecular weight is 341 g/mol. The number of hydrogen-bond acceptors (Lipinski definition) is 6. The van der Waals surface area contributed by atoms with Gasteiger partial charge in [0.05, 0.1) is 12.3 Å². The second-order valence-electron chi connectivity index (χ2n) is 5.11. The van der Waals surface area contributed by atoms with Crippen molar-refractivity contribution in [3.63, 3.8) is 0 Å². The lowest BCUT2D eigenvalue weighted by Gasteiger charge is -2.11. The molecule has 2 aromatic rings. The molecule has 0 saturated heterocycles. The Balaban J connectivity index is 1.86. The maximum absolute atomic E-state index is 12.2. The summed E-state index contributed by atoms with van der Waals surface area (Å²) in [6.45, 7) is 4.82. The number of nitrogens with one attached hydrogen (secondary N) is 2. The highest BCUT2D eigenvalue weighted by molar-refractivity contribution is 7.89. The number of aryl methyl sites for hydroxylation is 2. The highest BCUT2D eigenvalue weighted by Crippen LogP contribution is 2.18. The van der Waals surface area contributed by atoms with E-state index >= 15 is 0 Å². The van der Waals surface area contributed by atoms with Gasteiger partial charge in [0.25, 0.3) is 0 Å². The summed E-state index contributed by atoms with van der Waals surface area (Å²) in [5.74, 6) is 0.566. The number of nitrogens with zero attached hydrogens (tertiary/aromatic N) is 1. The third kappa shape index (κ3) is 4.20. The van der Waals surface area contributed by atoms with Crippen molar-refractivity contribution in [1.82, 2.24) is 15.2 Å². The third-order valence-corrected chi connectivity index (χ3v) is 4.93. The summed E-state index contributed by atoms with van der Waals surface area (Å²) >= 11 is 0. The zero-order valence-corrected chi connectivity index (χ0v) is 13.9. The fourth-order valence-corrected chi connectivity index (χ4v) is 3.51. The van der Waals surface area contributed by atoms with E-state index in [1.807, 2.05) is 0 Å². The molecule has 0 bridgehead atoms. The number of sulfonamides is 1. The Bertz CT molecular complexity index is 745. The molecule has 2 rings (SSSR count). The van der Waals surface area contributed by atoms with Gasteiger partial charge in [-0.2, -0.15) is 0 Å². The summed E-state index contributed by atoms with van der Waals surface area (Å²) < 4.78 is 36.7. The van der Waals surface area contributed by atoms with Crippen molar-refractivity contribution in [3.8, 4) is 0 Å². The first kappa shape index (κ1) is 17.2. The van der Waals surface area contributed by atoms with Gasteiger partial charge in [-0.05, 0) is 32.9 Å². The maximum Gasteiger partial charge on any atom is 0.245 e.